The lowest BCUT2D eigenvalue weighted by atomic mass is 9.75. The van der Waals surface area contributed by atoms with E-state index < -0.39 is 29.0 Å². The maximum absolute atomic E-state index is 14.3. The molecule has 2 heterocycles. The maximum atomic E-state index is 14.3. The number of hydrogen-bond acceptors (Lipinski definition) is 7. The fourth-order valence-electron chi connectivity index (χ4n) is 5.82. The smallest absolute Gasteiger partial charge is 0.339 e. The van der Waals surface area contributed by atoms with E-state index in [1.165, 1.54) is 12.0 Å². The molecule has 4 aromatic carbocycles. The van der Waals surface area contributed by atoms with Crippen LogP contribution in [0.3, 0.4) is 0 Å². The van der Waals surface area contributed by atoms with Gasteiger partial charge in [-0.05, 0) is 36.8 Å². The van der Waals surface area contributed by atoms with Gasteiger partial charge in [0.2, 0.25) is 0 Å². The van der Waals surface area contributed by atoms with Crippen molar-refractivity contribution in [2.45, 2.75) is 12.5 Å². The van der Waals surface area contributed by atoms with Crippen LogP contribution in [0.25, 0.3) is 11.5 Å². The Hall–Kier alpha value is -5.76. The predicted molar refractivity (Wildman–Crippen MR) is 167 cm³/mol. The molecule has 1 fully saturated rings. The van der Waals surface area contributed by atoms with E-state index in [0.717, 1.165) is 0 Å². The van der Waals surface area contributed by atoms with Crippen LogP contribution in [0.5, 0.6) is 5.75 Å². The number of anilines is 1. The molecule has 0 bridgehead atoms. The highest BCUT2D eigenvalue weighted by molar-refractivity contribution is 6.57. The predicted octanol–water partition coefficient (Wildman–Crippen LogP) is 5.80. The summed E-state index contributed by atoms with van der Waals surface area (Å²) < 4.78 is 11.0. The molecule has 4 aromatic rings. The molecule has 2 aliphatic heterocycles. The van der Waals surface area contributed by atoms with Crippen LogP contribution in [-0.2, 0) is 19.1 Å². The van der Waals surface area contributed by atoms with Crippen molar-refractivity contribution in [3.05, 3.63) is 143 Å². The fraction of sp³-hybridized carbons (Fsp3) is 0.111. The molecular weight excluding hydrogens is 556 g/mol. The normalized spacial score (nSPS) is 19.0. The number of hydrogen-bond donors (Lipinski definition) is 1. The lowest BCUT2D eigenvalue weighted by molar-refractivity contribution is -0.138. The minimum absolute atomic E-state index is 0.0231. The summed E-state index contributed by atoms with van der Waals surface area (Å²) in [4.78, 5) is 49.1. The summed E-state index contributed by atoms with van der Waals surface area (Å²) in [5, 5.41) is 12.0. The highest BCUT2D eigenvalue weighted by Crippen LogP contribution is 2.53. The number of carbonyl (C=O) groups is 3. The Morgan fingerprint density at radius 3 is 1.95 bits per heavy atom. The molecule has 1 atom stereocenters. The van der Waals surface area contributed by atoms with E-state index in [9.17, 15) is 19.5 Å². The summed E-state index contributed by atoms with van der Waals surface area (Å²) in [5.41, 5.74) is -0.210. The third-order valence-electron chi connectivity index (χ3n) is 7.68. The number of amides is 1. The van der Waals surface area contributed by atoms with Crippen LogP contribution in [-0.4, -0.2) is 47.7 Å². The van der Waals surface area contributed by atoms with Crippen LogP contribution >= 0.6 is 0 Å². The van der Waals surface area contributed by atoms with Crippen molar-refractivity contribution in [3.63, 3.8) is 0 Å². The lowest BCUT2D eigenvalue weighted by Gasteiger charge is -2.38. The van der Waals surface area contributed by atoms with Crippen molar-refractivity contribution in [2.75, 3.05) is 18.6 Å². The van der Waals surface area contributed by atoms with Crippen LogP contribution in [0, 0.1) is 0 Å². The number of carbonyl (C=O) groups excluding carboxylic acids is 3. The first-order chi connectivity index (χ1) is 21.4. The number of Topliss-reactive ketones (excluding diaryl/α,β-unsaturated/α-hetero) is 1. The Morgan fingerprint density at radius 2 is 1.39 bits per heavy atom. The third-order valence-corrected chi connectivity index (χ3v) is 7.68. The SMILES string of the molecule is CCOC(=O)C1=C(c2ccccc2)N=C(c2ccccc2)C12/C(=C(\O)c1ccccc1)C(=O)C(=O)N2c1ccc(OC)cc1. The molecule has 0 radical (unpaired) electrons. The van der Waals surface area contributed by atoms with Crippen molar-refractivity contribution in [1.29, 1.82) is 0 Å². The average Bonchev–Trinajstić information content (AvgIpc) is 3.53. The van der Waals surface area contributed by atoms with Gasteiger partial charge in [0.25, 0.3) is 5.78 Å². The number of ketones is 1. The fourth-order valence-corrected chi connectivity index (χ4v) is 5.82. The number of methoxy groups -OCH3 is 1. The molecule has 1 amide bonds. The van der Waals surface area contributed by atoms with Crippen LogP contribution in [0.1, 0.15) is 23.6 Å². The van der Waals surface area contributed by atoms with Gasteiger partial charge in [-0.2, -0.15) is 0 Å². The number of ether oxygens (including phenoxy) is 2. The van der Waals surface area contributed by atoms with Crippen molar-refractivity contribution < 1.29 is 29.0 Å². The molecule has 0 aromatic heterocycles. The zero-order valence-electron chi connectivity index (χ0n) is 24.1. The number of esters is 1. The van der Waals surface area contributed by atoms with Crippen LogP contribution in [0.4, 0.5) is 5.69 Å². The van der Waals surface area contributed by atoms with Gasteiger partial charge in [-0.3, -0.25) is 14.5 Å². The Morgan fingerprint density at radius 1 is 0.818 bits per heavy atom. The van der Waals surface area contributed by atoms with Gasteiger partial charge < -0.3 is 14.6 Å². The van der Waals surface area contributed by atoms with E-state index in [4.69, 9.17) is 14.5 Å². The molecule has 1 N–H and O–H groups in total. The van der Waals surface area contributed by atoms with Gasteiger partial charge in [0.15, 0.2) is 5.54 Å². The first-order valence-corrected chi connectivity index (χ1v) is 14.1. The second kappa shape index (κ2) is 11.5. The van der Waals surface area contributed by atoms with Crippen molar-refractivity contribution >= 4 is 40.5 Å². The van der Waals surface area contributed by atoms with Gasteiger partial charge in [0.1, 0.15) is 17.1 Å². The average molecular weight is 585 g/mol. The summed E-state index contributed by atoms with van der Waals surface area (Å²) in [5.74, 6) is -2.60. The maximum Gasteiger partial charge on any atom is 0.339 e. The molecule has 218 valence electrons. The molecule has 6 rings (SSSR count). The Balaban J connectivity index is 1.81. The molecule has 44 heavy (non-hydrogen) atoms. The number of aliphatic hydroxyl groups excluding tert-OH is 1. The molecule has 1 unspecified atom stereocenters. The third kappa shape index (κ3) is 4.39. The van der Waals surface area contributed by atoms with Crippen LogP contribution in [0.2, 0.25) is 0 Å². The van der Waals surface area contributed by atoms with Gasteiger partial charge in [-0.25, -0.2) is 9.79 Å². The van der Waals surface area contributed by atoms with E-state index in [1.807, 2.05) is 12.1 Å². The van der Waals surface area contributed by atoms with Crippen LogP contribution in [0.15, 0.2) is 131 Å². The Kier molecular flexibility index (Phi) is 7.41. The summed E-state index contributed by atoms with van der Waals surface area (Å²) >= 11 is 0. The minimum atomic E-state index is -2.00. The Labute approximate surface area is 254 Å². The van der Waals surface area contributed by atoms with Gasteiger partial charge in [0, 0.05) is 16.8 Å². The first-order valence-electron chi connectivity index (χ1n) is 14.1. The second-order valence-corrected chi connectivity index (χ2v) is 10.1. The summed E-state index contributed by atoms with van der Waals surface area (Å²) in [6, 6.07) is 33.0. The molecule has 1 spiro atoms. The van der Waals surface area contributed by atoms with Gasteiger partial charge in [0.05, 0.1) is 30.7 Å². The highest BCUT2D eigenvalue weighted by atomic mass is 16.5. The number of benzene rings is 4. The molecule has 1 saturated heterocycles. The largest absolute Gasteiger partial charge is 0.507 e. The van der Waals surface area contributed by atoms with Gasteiger partial charge in [-0.15, -0.1) is 0 Å². The number of aliphatic imine (C=N–C) groups is 1. The molecule has 0 aliphatic carbocycles. The highest BCUT2D eigenvalue weighted by Gasteiger charge is 2.67. The lowest BCUT2D eigenvalue weighted by Crippen LogP contribution is -2.55. The molecule has 8 heteroatoms. The summed E-state index contributed by atoms with van der Waals surface area (Å²) in [6.07, 6.45) is 0. The standard InChI is InChI=1S/C36H28N2O6/c1-3-44-35(42)28-30(23-13-7-4-8-14-23)37-33(25-17-11-6-12-18-25)36(28)29(31(39)24-15-9-5-10-16-24)32(40)34(41)38(36)26-19-21-27(43-2)22-20-26/h4-22,39H,3H2,1-2H3/b31-29-. The zero-order chi connectivity index (χ0) is 30.8. The molecule has 8 nitrogen and oxygen atoms in total. The molecule has 0 saturated carbocycles. The van der Waals surface area contributed by atoms with E-state index in [1.54, 1.807) is 110 Å². The first kappa shape index (κ1) is 28.4. The topological polar surface area (TPSA) is 106 Å². The van der Waals surface area contributed by atoms with Gasteiger partial charge >= 0.3 is 11.9 Å². The molecule has 2 aliphatic rings. The molecular formula is C36H28N2O6. The van der Waals surface area contributed by atoms with Crippen molar-refractivity contribution in [1.82, 2.24) is 0 Å². The quantitative estimate of drug-likeness (QED) is 0.128. The van der Waals surface area contributed by atoms with Gasteiger partial charge in [-0.1, -0.05) is 91.0 Å². The summed E-state index contributed by atoms with van der Waals surface area (Å²) in [6.45, 7) is 1.70. The zero-order valence-corrected chi connectivity index (χ0v) is 24.1. The monoisotopic (exact) mass is 584 g/mol. The van der Waals surface area contributed by atoms with E-state index in [-0.39, 0.29) is 29.2 Å². The van der Waals surface area contributed by atoms with E-state index in [2.05, 4.69) is 0 Å². The number of aliphatic hydroxyl groups is 1. The summed E-state index contributed by atoms with van der Waals surface area (Å²) in [7, 11) is 1.52. The van der Waals surface area contributed by atoms with E-state index >= 15 is 0 Å². The van der Waals surface area contributed by atoms with Crippen molar-refractivity contribution in [3.8, 4) is 5.75 Å². The second-order valence-electron chi connectivity index (χ2n) is 10.1. The van der Waals surface area contributed by atoms with Crippen LogP contribution < -0.4 is 9.64 Å². The number of rotatable bonds is 7. The Bertz CT molecular complexity index is 1850. The number of nitrogens with zero attached hydrogens (tertiary/aromatic N) is 2. The van der Waals surface area contributed by atoms with Crippen molar-refractivity contribution in [2.24, 2.45) is 4.99 Å². The minimum Gasteiger partial charge on any atom is -0.507 e. The van der Waals surface area contributed by atoms with E-state index in [0.29, 0.717) is 28.1 Å².